The van der Waals surface area contributed by atoms with Gasteiger partial charge in [0.1, 0.15) is 0 Å². The Kier molecular flexibility index (Phi) is 3.90. The summed E-state index contributed by atoms with van der Waals surface area (Å²) >= 11 is 0. The summed E-state index contributed by atoms with van der Waals surface area (Å²) in [5.41, 5.74) is 11.2. The molecule has 0 amide bonds. The Bertz CT molecular complexity index is 475. The van der Waals surface area contributed by atoms with Crippen LogP contribution in [-0.4, -0.2) is 0 Å². The van der Waals surface area contributed by atoms with Crippen molar-refractivity contribution in [2.75, 3.05) is 0 Å². The smallest absolute Gasteiger partial charge is 0.0409 e. The zero-order chi connectivity index (χ0) is 14.2. The first-order chi connectivity index (χ1) is 9.57. The van der Waals surface area contributed by atoms with Crippen LogP contribution >= 0.6 is 0 Å². The first-order valence-corrected chi connectivity index (χ1v) is 8.48. The topological polar surface area (TPSA) is 26.0 Å². The van der Waals surface area contributed by atoms with Crippen LogP contribution in [-0.2, 0) is 18.4 Å². The third-order valence-electron chi connectivity index (χ3n) is 5.75. The second kappa shape index (κ2) is 5.52. The lowest BCUT2D eigenvalue weighted by Crippen LogP contribution is -2.43. The molecule has 2 aliphatic carbocycles. The van der Waals surface area contributed by atoms with E-state index in [-0.39, 0.29) is 5.54 Å². The molecule has 1 heteroatoms. The maximum Gasteiger partial charge on any atom is 0.0409 e. The first-order valence-electron chi connectivity index (χ1n) is 8.48. The van der Waals surface area contributed by atoms with Crippen LogP contribution in [0.2, 0.25) is 0 Å². The van der Waals surface area contributed by atoms with Crippen LogP contribution in [0, 0.1) is 11.8 Å². The average Bonchev–Trinajstić information content (AvgIpc) is 2.46. The fourth-order valence-corrected chi connectivity index (χ4v) is 4.28. The maximum atomic E-state index is 6.81. The molecule has 0 aliphatic heterocycles. The Morgan fingerprint density at radius 2 is 1.80 bits per heavy atom. The van der Waals surface area contributed by atoms with Crippen LogP contribution < -0.4 is 5.73 Å². The van der Waals surface area contributed by atoms with Crippen molar-refractivity contribution in [3.05, 3.63) is 34.9 Å². The summed E-state index contributed by atoms with van der Waals surface area (Å²) in [4.78, 5) is 0. The lowest BCUT2D eigenvalue weighted by molar-refractivity contribution is 0.185. The van der Waals surface area contributed by atoms with E-state index in [0.29, 0.717) is 5.92 Å². The van der Waals surface area contributed by atoms with Gasteiger partial charge in [0.15, 0.2) is 0 Å². The van der Waals surface area contributed by atoms with Gasteiger partial charge in [-0.2, -0.15) is 0 Å². The van der Waals surface area contributed by atoms with Gasteiger partial charge in [-0.3, -0.25) is 0 Å². The number of hydrogen-bond acceptors (Lipinski definition) is 1. The van der Waals surface area contributed by atoms with Crippen LogP contribution in [0.5, 0.6) is 0 Å². The van der Waals surface area contributed by atoms with Crippen molar-refractivity contribution in [1.82, 2.24) is 0 Å². The number of fused-ring (bicyclic) bond motifs is 1. The monoisotopic (exact) mass is 271 g/mol. The largest absolute Gasteiger partial charge is 0.321 e. The van der Waals surface area contributed by atoms with E-state index in [1.54, 1.807) is 11.1 Å². The van der Waals surface area contributed by atoms with Crippen molar-refractivity contribution in [1.29, 1.82) is 0 Å². The van der Waals surface area contributed by atoms with Crippen LogP contribution in [0.15, 0.2) is 18.2 Å². The molecule has 110 valence electrons. The normalized spacial score (nSPS) is 29.6. The minimum atomic E-state index is -0.152. The SMILES string of the molecule is CC1CCCC(C(C)(N)c2ccc3c(c2)CCCC3)C1. The highest BCUT2D eigenvalue weighted by molar-refractivity contribution is 5.37. The van der Waals surface area contributed by atoms with Crippen LogP contribution in [0.4, 0.5) is 0 Å². The van der Waals surface area contributed by atoms with Crippen LogP contribution in [0.1, 0.15) is 69.1 Å². The lowest BCUT2D eigenvalue weighted by atomic mass is 9.69. The Hall–Kier alpha value is -0.820. The predicted octanol–water partition coefficient (Wildman–Crippen LogP) is 4.57. The van der Waals surface area contributed by atoms with Crippen molar-refractivity contribution in [2.45, 2.75) is 70.8 Å². The molecule has 0 heterocycles. The van der Waals surface area contributed by atoms with Crippen molar-refractivity contribution in [3.63, 3.8) is 0 Å². The first kappa shape index (κ1) is 14.1. The quantitative estimate of drug-likeness (QED) is 0.838. The third kappa shape index (κ3) is 2.65. The van der Waals surface area contributed by atoms with Gasteiger partial charge >= 0.3 is 0 Å². The standard InChI is InChI=1S/C19H29N/c1-14-6-5-9-17(12-14)19(2,20)18-11-10-15-7-3-4-8-16(15)13-18/h10-11,13-14,17H,3-9,12,20H2,1-2H3. The number of hydrogen-bond donors (Lipinski definition) is 1. The van der Waals surface area contributed by atoms with Gasteiger partial charge in [0.05, 0.1) is 0 Å². The highest BCUT2D eigenvalue weighted by atomic mass is 14.7. The maximum absolute atomic E-state index is 6.81. The van der Waals surface area contributed by atoms with E-state index in [4.69, 9.17) is 5.73 Å². The van der Waals surface area contributed by atoms with Crippen molar-refractivity contribution >= 4 is 0 Å². The summed E-state index contributed by atoms with van der Waals surface area (Å²) in [6, 6.07) is 7.08. The second-order valence-electron chi connectivity index (χ2n) is 7.44. The number of aryl methyl sites for hydroxylation is 2. The molecule has 0 aromatic heterocycles. The number of rotatable bonds is 2. The second-order valence-corrected chi connectivity index (χ2v) is 7.44. The van der Waals surface area contributed by atoms with Gasteiger partial charge in [0, 0.05) is 5.54 Å². The lowest BCUT2D eigenvalue weighted by Gasteiger charge is -2.40. The fraction of sp³-hybridized carbons (Fsp3) is 0.684. The molecule has 0 saturated heterocycles. The minimum absolute atomic E-state index is 0.152. The van der Waals surface area contributed by atoms with Crippen LogP contribution in [0.3, 0.4) is 0 Å². The molecule has 1 saturated carbocycles. The van der Waals surface area contributed by atoms with E-state index in [1.807, 2.05) is 0 Å². The van der Waals surface area contributed by atoms with Gasteiger partial charge in [-0.05, 0) is 74.0 Å². The zero-order valence-corrected chi connectivity index (χ0v) is 13.1. The molecule has 0 spiro atoms. The zero-order valence-electron chi connectivity index (χ0n) is 13.1. The number of benzene rings is 1. The molecule has 1 aromatic carbocycles. The van der Waals surface area contributed by atoms with Gasteiger partial charge in [-0.15, -0.1) is 0 Å². The van der Waals surface area contributed by atoms with E-state index in [9.17, 15) is 0 Å². The Labute approximate surface area is 124 Å². The highest BCUT2D eigenvalue weighted by Gasteiger charge is 2.35. The van der Waals surface area contributed by atoms with Gasteiger partial charge < -0.3 is 5.73 Å². The molecule has 2 N–H and O–H groups in total. The predicted molar refractivity (Wildman–Crippen MR) is 85.7 cm³/mol. The third-order valence-corrected chi connectivity index (χ3v) is 5.75. The molecule has 0 bridgehead atoms. The van der Waals surface area contributed by atoms with E-state index in [1.165, 1.54) is 56.9 Å². The van der Waals surface area contributed by atoms with Crippen LogP contribution in [0.25, 0.3) is 0 Å². The molecule has 3 unspecified atom stereocenters. The molecule has 0 radical (unpaired) electrons. The minimum Gasteiger partial charge on any atom is -0.321 e. The molecule has 2 aliphatic rings. The highest BCUT2D eigenvalue weighted by Crippen LogP contribution is 2.40. The molecular weight excluding hydrogens is 242 g/mol. The molecule has 1 fully saturated rings. The Balaban J connectivity index is 1.86. The van der Waals surface area contributed by atoms with Gasteiger partial charge in [-0.1, -0.05) is 38.0 Å². The molecular formula is C19H29N. The molecule has 1 aromatic rings. The van der Waals surface area contributed by atoms with Crippen molar-refractivity contribution in [2.24, 2.45) is 17.6 Å². The summed E-state index contributed by atoms with van der Waals surface area (Å²) in [5, 5.41) is 0. The van der Waals surface area contributed by atoms with Gasteiger partial charge in [0.2, 0.25) is 0 Å². The Morgan fingerprint density at radius 1 is 1.05 bits per heavy atom. The molecule has 3 atom stereocenters. The van der Waals surface area contributed by atoms with E-state index in [2.05, 4.69) is 32.0 Å². The van der Waals surface area contributed by atoms with Gasteiger partial charge in [0.25, 0.3) is 0 Å². The Morgan fingerprint density at radius 3 is 2.55 bits per heavy atom. The summed E-state index contributed by atoms with van der Waals surface area (Å²) in [6.07, 6.45) is 10.5. The molecule has 1 nitrogen and oxygen atoms in total. The van der Waals surface area contributed by atoms with Crippen molar-refractivity contribution in [3.8, 4) is 0 Å². The van der Waals surface area contributed by atoms with Gasteiger partial charge in [-0.25, -0.2) is 0 Å². The fourth-order valence-electron chi connectivity index (χ4n) is 4.28. The molecule has 3 rings (SSSR count). The van der Waals surface area contributed by atoms with E-state index < -0.39 is 0 Å². The summed E-state index contributed by atoms with van der Waals surface area (Å²) in [5.74, 6) is 1.49. The van der Waals surface area contributed by atoms with Crippen molar-refractivity contribution < 1.29 is 0 Å². The summed E-state index contributed by atoms with van der Waals surface area (Å²) < 4.78 is 0. The summed E-state index contributed by atoms with van der Waals surface area (Å²) in [7, 11) is 0. The summed E-state index contributed by atoms with van der Waals surface area (Å²) in [6.45, 7) is 4.65. The molecule has 20 heavy (non-hydrogen) atoms. The van der Waals surface area contributed by atoms with E-state index >= 15 is 0 Å². The number of nitrogens with two attached hydrogens (primary N) is 1. The average molecular weight is 271 g/mol. The van der Waals surface area contributed by atoms with E-state index in [0.717, 1.165) is 5.92 Å².